The van der Waals surface area contributed by atoms with Gasteiger partial charge >= 0.3 is 5.97 Å². The molecule has 0 amide bonds. The number of ether oxygens (including phenoxy) is 2. The second kappa shape index (κ2) is 8.81. The van der Waals surface area contributed by atoms with Gasteiger partial charge in [0, 0.05) is 15.6 Å². The number of esters is 1. The summed E-state index contributed by atoms with van der Waals surface area (Å²) < 4.78 is 25.6. The molecule has 0 saturated carbocycles. The van der Waals surface area contributed by atoms with Crippen LogP contribution in [0.15, 0.2) is 81.9 Å². The summed E-state index contributed by atoms with van der Waals surface area (Å²) in [5.41, 5.74) is 1.97. The number of hydrogen-bond donors (Lipinski definition) is 0. The average Bonchev–Trinajstić information content (AvgIpc) is 3.09. The van der Waals surface area contributed by atoms with Gasteiger partial charge in [0.05, 0.1) is 5.02 Å². The van der Waals surface area contributed by atoms with E-state index in [-0.39, 0.29) is 18.2 Å². The van der Waals surface area contributed by atoms with E-state index in [9.17, 15) is 9.18 Å². The second-order valence-corrected chi connectivity index (χ2v) is 7.72. The molecule has 0 radical (unpaired) electrons. The van der Waals surface area contributed by atoms with Gasteiger partial charge in [0.2, 0.25) is 5.90 Å². The van der Waals surface area contributed by atoms with Crippen LogP contribution in [0.5, 0.6) is 5.75 Å². The first-order valence-corrected chi connectivity index (χ1v) is 10.1. The van der Waals surface area contributed by atoms with E-state index in [1.54, 1.807) is 42.5 Å². The molecule has 0 unspecified atom stereocenters. The number of aliphatic imine (C=N–C) groups is 1. The van der Waals surface area contributed by atoms with E-state index in [0.29, 0.717) is 21.9 Å². The Balaban J connectivity index is 1.47. The third-order valence-electron chi connectivity index (χ3n) is 4.34. The predicted octanol–water partition coefficient (Wildman–Crippen LogP) is 6.17. The standard InChI is InChI=1S/C23H14BrClFNO3/c24-16-8-6-15(7-9-16)22-27-21(23(28)30-22)12-14-4-10-17(11-5-14)29-13-18-19(25)2-1-3-20(18)26/h1-12H,13H2/b21-12+. The molecule has 7 heteroatoms. The van der Waals surface area contributed by atoms with Gasteiger partial charge in [-0.05, 0) is 60.2 Å². The summed E-state index contributed by atoms with van der Waals surface area (Å²) in [5, 5.41) is 0.315. The molecule has 1 aliphatic heterocycles. The Morgan fingerprint density at radius 2 is 1.80 bits per heavy atom. The number of carbonyl (C=O) groups is 1. The highest BCUT2D eigenvalue weighted by Crippen LogP contribution is 2.24. The molecule has 4 nitrogen and oxygen atoms in total. The van der Waals surface area contributed by atoms with Crippen LogP contribution in [0.1, 0.15) is 16.7 Å². The number of rotatable bonds is 5. The van der Waals surface area contributed by atoms with E-state index < -0.39 is 11.8 Å². The first-order valence-electron chi connectivity index (χ1n) is 8.94. The topological polar surface area (TPSA) is 47.9 Å². The highest BCUT2D eigenvalue weighted by molar-refractivity contribution is 9.10. The van der Waals surface area contributed by atoms with Crippen LogP contribution in [-0.4, -0.2) is 11.9 Å². The van der Waals surface area contributed by atoms with Crippen LogP contribution in [0, 0.1) is 5.82 Å². The van der Waals surface area contributed by atoms with Gasteiger partial charge in [-0.25, -0.2) is 14.2 Å². The number of carbonyl (C=O) groups excluding carboxylic acids is 1. The number of benzene rings is 3. The van der Waals surface area contributed by atoms with Gasteiger partial charge < -0.3 is 9.47 Å². The van der Waals surface area contributed by atoms with Crippen molar-refractivity contribution in [1.29, 1.82) is 0 Å². The Morgan fingerprint density at radius 3 is 2.50 bits per heavy atom. The zero-order valence-electron chi connectivity index (χ0n) is 15.4. The molecule has 0 spiro atoms. The molecule has 30 heavy (non-hydrogen) atoms. The smallest absolute Gasteiger partial charge is 0.363 e. The lowest BCUT2D eigenvalue weighted by atomic mass is 10.2. The molecule has 3 aromatic carbocycles. The largest absolute Gasteiger partial charge is 0.489 e. The van der Waals surface area contributed by atoms with Crippen molar-refractivity contribution in [3.63, 3.8) is 0 Å². The summed E-state index contributed by atoms with van der Waals surface area (Å²) >= 11 is 9.37. The van der Waals surface area contributed by atoms with Crippen molar-refractivity contribution < 1.29 is 18.7 Å². The Kier molecular flexibility index (Phi) is 5.97. The summed E-state index contributed by atoms with van der Waals surface area (Å²) in [4.78, 5) is 16.4. The van der Waals surface area contributed by atoms with Gasteiger partial charge in [0.25, 0.3) is 0 Å². The number of hydrogen-bond acceptors (Lipinski definition) is 4. The van der Waals surface area contributed by atoms with Gasteiger partial charge in [-0.15, -0.1) is 0 Å². The molecule has 0 N–H and O–H groups in total. The van der Waals surface area contributed by atoms with E-state index in [1.165, 1.54) is 6.07 Å². The number of nitrogens with zero attached hydrogens (tertiary/aromatic N) is 1. The zero-order valence-corrected chi connectivity index (χ0v) is 17.8. The van der Waals surface area contributed by atoms with E-state index in [1.807, 2.05) is 24.3 Å². The van der Waals surface area contributed by atoms with Gasteiger partial charge in [-0.1, -0.05) is 45.7 Å². The Hall–Kier alpha value is -2.96. The van der Waals surface area contributed by atoms with Gasteiger partial charge in [-0.3, -0.25) is 0 Å². The van der Waals surface area contributed by atoms with Crippen molar-refractivity contribution in [2.45, 2.75) is 6.61 Å². The fraction of sp³-hybridized carbons (Fsp3) is 0.0435. The molecule has 150 valence electrons. The quantitative estimate of drug-likeness (QED) is 0.320. The minimum absolute atomic E-state index is 0.0130. The van der Waals surface area contributed by atoms with Crippen LogP contribution in [0.25, 0.3) is 6.08 Å². The highest BCUT2D eigenvalue weighted by Gasteiger charge is 2.24. The van der Waals surface area contributed by atoms with Crippen molar-refractivity contribution in [2.75, 3.05) is 0 Å². The van der Waals surface area contributed by atoms with E-state index in [0.717, 1.165) is 10.0 Å². The van der Waals surface area contributed by atoms with Crippen LogP contribution in [-0.2, 0) is 16.1 Å². The predicted molar refractivity (Wildman–Crippen MR) is 117 cm³/mol. The first kappa shape index (κ1) is 20.3. The maximum Gasteiger partial charge on any atom is 0.363 e. The van der Waals surface area contributed by atoms with E-state index in [4.69, 9.17) is 21.1 Å². The van der Waals surface area contributed by atoms with Crippen LogP contribution in [0.4, 0.5) is 4.39 Å². The SMILES string of the molecule is O=C1OC(c2ccc(Br)cc2)=N/C1=C/c1ccc(OCc2c(F)cccc2Cl)cc1. The van der Waals surface area contributed by atoms with Crippen LogP contribution in [0.3, 0.4) is 0 Å². The molecular weight excluding hydrogens is 473 g/mol. The maximum atomic E-state index is 13.8. The average molecular weight is 487 g/mol. The van der Waals surface area contributed by atoms with Crippen molar-refractivity contribution in [3.8, 4) is 5.75 Å². The van der Waals surface area contributed by atoms with Gasteiger partial charge in [0.15, 0.2) is 5.70 Å². The van der Waals surface area contributed by atoms with Gasteiger partial charge in [0.1, 0.15) is 18.2 Å². The minimum Gasteiger partial charge on any atom is -0.489 e. The monoisotopic (exact) mass is 485 g/mol. The lowest BCUT2D eigenvalue weighted by Crippen LogP contribution is -2.05. The second-order valence-electron chi connectivity index (χ2n) is 6.40. The molecule has 4 rings (SSSR count). The molecule has 0 aromatic heterocycles. The molecule has 0 saturated heterocycles. The Morgan fingerprint density at radius 1 is 1.07 bits per heavy atom. The maximum absolute atomic E-state index is 13.8. The molecule has 0 aliphatic carbocycles. The Bertz CT molecular complexity index is 1140. The summed E-state index contributed by atoms with van der Waals surface area (Å²) in [6.07, 6.45) is 1.63. The summed E-state index contributed by atoms with van der Waals surface area (Å²) in [6.45, 7) is 0.0130. The van der Waals surface area contributed by atoms with Crippen molar-refractivity contribution in [2.24, 2.45) is 4.99 Å². The van der Waals surface area contributed by atoms with Crippen LogP contribution in [0.2, 0.25) is 5.02 Å². The first-order chi connectivity index (χ1) is 14.5. The fourth-order valence-electron chi connectivity index (χ4n) is 2.77. The molecule has 1 heterocycles. The summed E-state index contributed by atoms with van der Waals surface area (Å²) in [7, 11) is 0. The van der Waals surface area contributed by atoms with E-state index >= 15 is 0 Å². The molecule has 1 aliphatic rings. The molecular formula is C23H14BrClFNO3. The lowest BCUT2D eigenvalue weighted by molar-refractivity contribution is -0.129. The van der Waals surface area contributed by atoms with Crippen molar-refractivity contribution >= 4 is 45.5 Å². The Labute approximate surface area is 185 Å². The third kappa shape index (κ3) is 4.61. The summed E-state index contributed by atoms with van der Waals surface area (Å²) in [5.74, 6) is -0.115. The van der Waals surface area contributed by atoms with Crippen molar-refractivity contribution in [3.05, 3.63) is 104 Å². The molecule has 0 bridgehead atoms. The number of cyclic esters (lactones) is 1. The molecule has 3 aromatic rings. The summed E-state index contributed by atoms with van der Waals surface area (Å²) in [6, 6.07) is 18.8. The minimum atomic E-state index is -0.512. The van der Waals surface area contributed by atoms with Crippen molar-refractivity contribution in [1.82, 2.24) is 0 Å². The van der Waals surface area contributed by atoms with Crippen LogP contribution >= 0.6 is 27.5 Å². The normalized spacial score (nSPS) is 14.6. The lowest BCUT2D eigenvalue weighted by Gasteiger charge is -2.09. The number of halogens is 3. The third-order valence-corrected chi connectivity index (χ3v) is 5.22. The van der Waals surface area contributed by atoms with Gasteiger partial charge in [-0.2, -0.15) is 0 Å². The van der Waals surface area contributed by atoms with E-state index in [2.05, 4.69) is 20.9 Å². The van der Waals surface area contributed by atoms with Crippen LogP contribution < -0.4 is 4.74 Å². The fourth-order valence-corrected chi connectivity index (χ4v) is 3.25. The zero-order chi connectivity index (χ0) is 21.1. The molecule has 0 atom stereocenters. The molecule has 0 fully saturated rings. The highest BCUT2D eigenvalue weighted by atomic mass is 79.9.